The molecule has 0 aliphatic heterocycles. The SMILES string of the molecule is CN=C(N)/N=C(\N)Nc1cc(Br)ccc1Cl. The van der Waals surface area contributed by atoms with E-state index in [2.05, 4.69) is 31.2 Å². The molecule has 5 nitrogen and oxygen atoms in total. The maximum atomic E-state index is 5.96. The van der Waals surface area contributed by atoms with Crippen LogP contribution >= 0.6 is 27.5 Å². The third kappa shape index (κ3) is 3.71. The molecule has 0 fully saturated rings. The molecule has 0 amide bonds. The van der Waals surface area contributed by atoms with Crippen LogP contribution < -0.4 is 16.8 Å². The lowest BCUT2D eigenvalue weighted by Crippen LogP contribution is -2.26. The minimum absolute atomic E-state index is 0.0936. The molecule has 0 radical (unpaired) electrons. The monoisotopic (exact) mass is 303 g/mol. The minimum Gasteiger partial charge on any atom is -0.369 e. The van der Waals surface area contributed by atoms with Crippen LogP contribution in [0.5, 0.6) is 0 Å². The predicted molar refractivity (Wildman–Crippen MR) is 71.9 cm³/mol. The van der Waals surface area contributed by atoms with Gasteiger partial charge in [-0.1, -0.05) is 27.5 Å². The lowest BCUT2D eigenvalue weighted by atomic mass is 10.3. The van der Waals surface area contributed by atoms with Crippen LogP contribution in [-0.2, 0) is 0 Å². The molecule has 0 unspecified atom stereocenters. The second-order valence-electron chi connectivity index (χ2n) is 2.83. The number of hydrogen-bond donors (Lipinski definition) is 3. The van der Waals surface area contributed by atoms with Gasteiger partial charge in [0.2, 0.25) is 11.9 Å². The van der Waals surface area contributed by atoms with Crippen LogP contribution in [0.15, 0.2) is 32.7 Å². The van der Waals surface area contributed by atoms with Crippen molar-refractivity contribution in [2.75, 3.05) is 12.4 Å². The fourth-order valence-corrected chi connectivity index (χ4v) is 1.46. The first-order valence-electron chi connectivity index (χ1n) is 4.31. The van der Waals surface area contributed by atoms with E-state index < -0.39 is 0 Å². The van der Waals surface area contributed by atoms with Gasteiger partial charge in [0.25, 0.3) is 0 Å². The number of nitrogens with one attached hydrogen (secondary N) is 1. The number of aliphatic imine (C=N–C) groups is 2. The summed E-state index contributed by atoms with van der Waals surface area (Å²) in [7, 11) is 1.53. The number of nitrogens with zero attached hydrogens (tertiary/aromatic N) is 2. The third-order valence-electron chi connectivity index (χ3n) is 1.66. The second kappa shape index (κ2) is 5.72. The zero-order chi connectivity index (χ0) is 12.1. The molecule has 7 heteroatoms. The number of benzene rings is 1. The smallest absolute Gasteiger partial charge is 0.218 e. The largest absolute Gasteiger partial charge is 0.369 e. The second-order valence-corrected chi connectivity index (χ2v) is 4.15. The van der Waals surface area contributed by atoms with Crippen LogP contribution in [0.3, 0.4) is 0 Å². The van der Waals surface area contributed by atoms with E-state index in [1.807, 2.05) is 6.07 Å². The molecule has 5 N–H and O–H groups in total. The first-order valence-corrected chi connectivity index (χ1v) is 5.48. The lowest BCUT2D eigenvalue weighted by molar-refractivity contribution is 1.34. The molecule has 0 bridgehead atoms. The Morgan fingerprint density at radius 2 is 2.12 bits per heavy atom. The van der Waals surface area contributed by atoms with Crippen LogP contribution in [0.4, 0.5) is 5.69 Å². The normalized spacial score (nSPS) is 12.7. The van der Waals surface area contributed by atoms with Crippen molar-refractivity contribution in [3.63, 3.8) is 0 Å². The van der Waals surface area contributed by atoms with Crippen LogP contribution in [0.1, 0.15) is 0 Å². The summed E-state index contributed by atoms with van der Waals surface area (Å²) in [5, 5.41) is 3.36. The fraction of sp³-hybridized carbons (Fsp3) is 0.111. The number of anilines is 1. The Balaban J connectivity index is 2.88. The highest BCUT2D eigenvalue weighted by Crippen LogP contribution is 2.25. The summed E-state index contributed by atoms with van der Waals surface area (Å²) < 4.78 is 0.879. The number of halogens is 2. The van der Waals surface area contributed by atoms with Gasteiger partial charge < -0.3 is 16.8 Å². The molecule has 0 spiro atoms. The van der Waals surface area contributed by atoms with Crippen LogP contribution in [0, 0.1) is 0 Å². The average molecular weight is 305 g/mol. The Kier molecular flexibility index (Phi) is 4.57. The summed E-state index contributed by atoms with van der Waals surface area (Å²) in [6, 6.07) is 5.34. The number of rotatable bonds is 1. The van der Waals surface area contributed by atoms with Crippen molar-refractivity contribution in [3.05, 3.63) is 27.7 Å². The van der Waals surface area contributed by atoms with Crippen LogP contribution in [-0.4, -0.2) is 19.0 Å². The summed E-state index contributed by atoms with van der Waals surface area (Å²) in [6.45, 7) is 0. The van der Waals surface area contributed by atoms with Gasteiger partial charge in [0.15, 0.2) is 0 Å². The molecule has 0 aromatic heterocycles. The van der Waals surface area contributed by atoms with E-state index in [1.54, 1.807) is 12.1 Å². The topological polar surface area (TPSA) is 88.8 Å². The van der Waals surface area contributed by atoms with E-state index in [-0.39, 0.29) is 11.9 Å². The average Bonchev–Trinajstić information content (AvgIpc) is 2.23. The quantitative estimate of drug-likeness (QED) is 0.546. The molecule has 0 atom stereocenters. The van der Waals surface area contributed by atoms with Crippen molar-refractivity contribution in [3.8, 4) is 0 Å². The maximum absolute atomic E-state index is 5.96. The van der Waals surface area contributed by atoms with Gasteiger partial charge in [-0.15, -0.1) is 0 Å². The highest BCUT2D eigenvalue weighted by molar-refractivity contribution is 9.10. The molecule has 1 aromatic rings. The van der Waals surface area contributed by atoms with Crippen LogP contribution in [0.25, 0.3) is 0 Å². The molecule has 16 heavy (non-hydrogen) atoms. The fourth-order valence-electron chi connectivity index (χ4n) is 0.933. The maximum Gasteiger partial charge on any atom is 0.218 e. The summed E-state index contributed by atoms with van der Waals surface area (Å²) in [5.74, 6) is 0.221. The summed E-state index contributed by atoms with van der Waals surface area (Å²) in [5.41, 5.74) is 11.6. The summed E-state index contributed by atoms with van der Waals surface area (Å²) in [4.78, 5) is 7.45. The molecule has 0 aliphatic carbocycles. The van der Waals surface area contributed by atoms with Gasteiger partial charge in [-0.25, -0.2) is 0 Å². The van der Waals surface area contributed by atoms with Gasteiger partial charge in [0.05, 0.1) is 10.7 Å². The zero-order valence-electron chi connectivity index (χ0n) is 8.54. The van der Waals surface area contributed by atoms with Gasteiger partial charge in [-0.05, 0) is 18.2 Å². The van der Waals surface area contributed by atoms with Crippen molar-refractivity contribution >= 4 is 45.1 Å². The lowest BCUT2D eigenvalue weighted by Gasteiger charge is -2.07. The molecular formula is C9H11BrClN5. The van der Waals surface area contributed by atoms with Crippen molar-refractivity contribution in [2.24, 2.45) is 21.5 Å². The molecule has 0 heterocycles. The minimum atomic E-state index is 0.0936. The van der Waals surface area contributed by atoms with Gasteiger partial charge >= 0.3 is 0 Å². The Hall–Kier alpha value is -1.27. The first-order chi connectivity index (χ1) is 7.52. The van der Waals surface area contributed by atoms with Crippen molar-refractivity contribution in [2.45, 2.75) is 0 Å². The van der Waals surface area contributed by atoms with E-state index in [4.69, 9.17) is 23.1 Å². The molecule has 1 aromatic carbocycles. The van der Waals surface area contributed by atoms with Crippen LogP contribution in [0.2, 0.25) is 5.02 Å². The third-order valence-corrected chi connectivity index (χ3v) is 2.48. The number of nitrogens with two attached hydrogens (primary N) is 2. The van der Waals surface area contributed by atoms with Gasteiger partial charge in [0, 0.05) is 11.5 Å². The van der Waals surface area contributed by atoms with E-state index in [0.29, 0.717) is 10.7 Å². The molecule has 0 aliphatic rings. The predicted octanol–water partition coefficient (Wildman–Crippen LogP) is 1.77. The molecular weight excluding hydrogens is 293 g/mol. The highest BCUT2D eigenvalue weighted by atomic mass is 79.9. The van der Waals surface area contributed by atoms with E-state index in [1.165, 1.54) is 7.05 Å². The Labute approximate surface area is 107 Å². The standard InChI is InChI=1S/C9H11BrClN5/c1-14-8(12)16-9(13)15-7-4-5(10)2-3-6(7)11/h2-4H,1H3,(H5,12,13,14,15,16). The highest BCUT2D eigenvalue weighted by Gasteiger charge is 2.02. The number of hydrogen-bond acceptors (Lipinski definition) is 1. The van der Waals surface area contributed by atoms with Gasteiger partial charge in [-0.3, -0.25) is 4.99 Å². The Morgan fingerprint density at radius 1 is 1.44 bits per heavy atom. The Morgan fingerprint density at radius 3 is 2.75 bits per heavy atom. The molecule has 0 saturated carbocycles. The van der Waals surface area contributed by atoms with E-state index in [0.717, 1.165) is 4.47 Å². The van der Waals surface area contributed by atoms with E-state index in [9.17, 15) is 0 Å². The Bertz CT molecular complexity index is 444. The molecule has 1 rings (SSSR count). The van der Waals surface area contributed by atoms with Crippen molar-refractivity contribution in [1.82, 2.24) is 0 Å². The first kappa shape index (κ1) is 12.8. The van der Waals surface area contributed by atoms with Crippen molar-refractivity contribution in [1.29, 1.82) is 0 Å². The van der Waals surface area contributed by atoms with Gasteiger partial charge in [0.1, 0.15) is 0 Å². The molecule has 86 valence electrons. The zero-order valence-corrected chi connectivity index (χ0v) is 10.9. The summed E-state index contributed by atoms with van der Waals surface area (Å²) in [6.07, 6.45) is 0. The van der Waals surface area contributed by atoms with Crippen molar-refractivity contribution < 1.29 is 0 Å². The number of guanidine groups is 2. The van der Waals surface area contributed by atoms with Gasteiger partial charge in [-0.2, -0.15) is 4.99 Å². The summed E-state index contributed by atoms with van der Waals surface area (Å²) >= 11 is 9.28. The van der Waals surface area contributed by atoms with E-state index >= 15 is 0 Å². The molecule has 0 saturated heterocycles.